The van der Waals surface area contributed by atoms with E-state index in [1.54, 1.807) is 0 Å². The minimum absolute atomic E-state index is 0.666. The molecule has 0 bridgehead atoms. The van der Waals surface area contributed by atoms with E-state index >= 15 is 0 Å². The van der Waals surface area contributed by atoms with Gasteiger partial charge in [-0.05, 0) is 13.8 Å². The Morgan fingerprint density at radius 1 is 1.24 bits per heavy atom. The zero-order valence-electron chi connectivity index (χ0n) is 9.31. The summed E-state index contributed by atoms with van der Waals surface area (Å²) in [6.45, 7) is 1.91. The van der Waals surface area contributed by atoms with Crippen molar-refractivity contribution in [3.8, 4) is 0 Å². The maximum atomic E-state index is 11.6. The maximum Gasteiger partial charge on any atom is 0.228 e. The molecule has 0 amide bonds. The summed E-state index contributed by atoms with van der Waals surface area (Å²) in [4.78, 5) is 11.6. The zero-order chi connectivity index (χ0) is 13.6. The van der Waals surface area contributed by atoms with Crippen molar-refractivity contribution >= 4 is 5.78 Å². The number of ether oxygens (including phenoxy) is 1. The molecule has 100 valence electrons. The lowest BCUT2D eigenvalue weighted by molar-refractivity contribution is -0.311. The van der Waals surface area contributed by atoms with Gasteiger partial charge in [0.25, 0.3) is 0 Å². The van der Waals surface area contributed by atoms with Crippen LogP contribution in [0.2, 0.25) is 0 Å². The average molecular weight is 252 g/mol. The van der Waals surface area contributed by atoms with E-state index in [0.29, 0.717) is 6.92 Å². The molecule has 8 heteroatoms. The number of aliphatic hydroxyl groups excluding tert-OH is 3. The van der Waals surface area contributed by atoms with Crippen LogP contribution in [0.1, 0.15) is 13.8 Å². The predicted octanol–water partition coefficient (Wildman–Crippen LogP) is -3.55. The quantitative estimate of drug-likeness (QED) is 0.277. The van der Waals surface area contributed by atoms with Gasteiger partial charge >= 0.3 is 0 Å². The smallest absolute Gasteiger partial charge is 0.228 e. The van der Waals surface area contributed by atoms with Gasteiger partial charge in [-0.15, -0.1) is 0 Å². The first-order valence-corrected chi connectivity index (χ1v) is 4.94. The Bertz CT molecular complexity index is 295. The molecule has 1 saturated heterocycles. The van der Waals surface area contributed by atoms with Crippen molar-refractivity contribution in [2.45, 2.75) is 49.8 Å². The van der Waals surface area contributed by atoms with E-state index in [2.05, 4.69) is 4.74 Å². The molecule has 1 heterocycles. The number of carbonyl (C=O) groups excluding carboxylic acids is 1. The summed E-state index contributed by atoms with van der Waals surface area (Å²) in [6.07, 6.45) is -7.21. The topological polar surface area (TPSA) is 148 Å². The van der Waals surface area contributed by atoms with Crippen molar-refractivity contribution in [2.75, 3.05) is 0 Å². The van der Waals surface area contributed by atoms with Gasteiger partial charge in [-0.25, -0.2) is 0 Å². The number of hydrogen-bond donors (Lipinski definition) is 6. The molecule has 0 aromatic carbocycles. The van der Waals surface area contributed by atoms with E-state index in [1.165, 1.54) is 6.92 Å². The standard InChI is InChI=1S/C9H16O8/c1-3-4(10)9(16,5(11)6(12)17-3)7(13)8(2,14)15/h3-6,10-12,14-16H,1-2H3/t3-,4+,5-,6?,9+/m0/s1. The highest BCUT2D eigenvalue weighted by Gasteiger charge is 2.61. The lowest BCUT2D eigenvalue weighted by Crippen LogP contribution is -2.72. The Labute approximate surface area is 96.7 Å². The van der Waals surface area contributed by atoms with Crippen LogP contribution in [-0.4, -0.2) is 72.4 Å². The van der Waals surface area contributed by atoms with Crippen LogP contribution in [0.15, 0.2) is 0 Å². The molecule has 1 aliphatic heterocycles. The second kappa shape index (κ2) is 4.25. The monoisotopic (exact) mass is 252 g/mol. The number of ketones is 1. The lowest BCUT2D eigenvalue weighted by atomic mass is 9.78. The minimum Gasteiger partial charge on any atom is -0.387 e. The van der Waals surface area contributed by atoms with Gasteiger partial charge in [0.15, 0.2) is 11.9 Å². The normalized spacial score (nSPS) is 43.5. The first-order valence-electron chi connectivity index (χ1n) is 4.94. The lowest BCUT2D eigenvalue weighted by Gasteiger charge is -2.45. The maximum absolute atomic E-state index is 11.6. The summed E-state index contributed by atoms with van der Waals surface area (Å²) in [5, 5.41) is 56.5. The zero-order valence-corrected chi connectivity index (χ0v) is 9.31. The third-order valence-corrected chi connectivity index (χ3v) is 2.76. The number of hydrogen-bond acceptors (Lipinski definition) is 8. The molecule has 17 heavy (non-hydrogen) atoms. The SMILES string of the molecule is C[C@@H]1OC(O)[C@H](O)[C@@](O)(C(=O)C(C)(O)O)[C@@H]1O. The van der Waals surface area contributed by atoms with Crippen molar-refractivity contribution in [3.05, 3.63) is 0 Å². The Morgan fingerprint density at radius 3 is 2.12 bits per heavy atom. The fourth-order valence-electron chi connectivity index (χ4n) is 1.77. The fraction of sp³-hybridized carbons (Fsp3) is 0.889. The number of aliphatic hydroxyl groups is 6. The van der Waals surface area contributed by atoms with Crippen molar-refractivity contribution in [1.82, 2.24) is 0 Å². The highest BCUT2D eigenvalue weighted by molar-refractivity contribution is 5.94. The van der Waals surface area contributed by atoms with Gasteiger partial charge in [-0.1, -0.05) is 0 Å². The first-order chi connectivity index (χ1) is 7.52. The van der Waals surface area contributed by atoms with Gasteiger partial charge in [0.1, 0.15) is 12.2 Å². The van der Waals surface area contributed by atoms with Crippen molar-refractivity contribution in [2.24, 2.45) is 0 Å². The van der Waals surface area contributed by atoms with E-state index in [1.807, 2.05) is 0 Å². The Morgan fingerprint density at radius 2 is 1.71 bits per heavy atom. The van der Waals surface area contributed by atoms with Crippen molar-refractivity contribution < 1.29 is 40.2 Å². The largest absolute Gasteiger partial charge is 0.387 e. The van der Waals surface area contributed by atoms with Crippen LogP contribution in [-0.2, 0) is 9.53 Å². The summed E-state index contributed by atoms with van der Waals surface area (Å²) >= 11 is 0. The van der Waals surface area contributed by atoms with Gasteiger partial charge in [-0.3, -0.25) is 4.79 Å². The summed E-state index contributed by atoms with van der Waals surface area (Å²) in [6, 6.07) is 0. The van der Waals surface area contributed by atoms with Crippen LogP contribution in [0.3, 0.4) is 0 Å². The third-order valence-electron chi connectivity index (χ3n) is 2.76. The second-order valence-corrected chi connectivity index (χ2v) is 4.30. The van der Waals surface area contributed by atoms with E-state index in [9.17, 15) is 25.2 Å². The fourth-order valence-corrected chi connectivity index (χ4v) is 1.77. The molecular weight excluding hydrogens is 236 g/mol. The molecule has 1 rings (SSSR count). The van der Waals surface area contributed by atoms with Gasteiger partial charge < -0.3 is 35.4 Å². The Balaban J connectivity index is 3.17. The summed E-state index contributed by atoms with van der Waals surface area (Å²) in [5.41, 5.74) is -2.92. The van der Waals surface area contributed by atoms with Crippen molar-refractivity contribution in [1.29, 1.82) is 0 Å². The highest BCUT2D eigenvalue weighted by atomic mass is 16.6. The Kier molecular flexibility index (Phi) is 3.61. The minimum atomic E-state index is -2.96. The van der Waals surface area contributed by atoms with E-state index < -0.39 is 41.8 Å². The molecule has 0 spiro atoms. The molecule has 1 unspecified atom stereocenters. The van der Waals surface area contributed by atoms with E-state index in [4.69, 9.17) is 10.2 Å². The molecule has 0 aliphatic carbocycles. The van der Waals surface area contributed by atoms with Gasteiger partial charge in [-0.2, -0.15) is 0 Å². The van der Waals surface area contributed by atoms with Gasteiger partial charge in [0, 0.05) is 0 Å². The van der Waals surface area contributed by atoms with Crippen LogP contribution in [0.25, 0.3) is 0 Å². The summed E-state index contributed by atoms with van der Waals surface area (Å²) in [7, 11) is 0. The van der Waals surface area contributed by atoms with Crippen LogP contribution in [0, 0.1) is 0 Å². The molecular formula is C9H16O8. The molecule has 0 aromatic rings. The van der Waals surface area contributed by atoms with Crippen LogP contribution in [0.5, 0.6) is 0 Å². The number of Topliss-reactive ketones (excluding diaryl/α,β-unsaturated/α-hetero) is 1. The van der Waals surface area contributed by atoms with E-state index in [0.717, 1.165) is 0 Å². The predicted molar refractivity (Wildman–Crippen MR) is 51.4 cm³/mol. The van der Waals surface area contributed by atoms with Crippen molar-refractivity contribution in [3.63, 3.8) is 0 Å². The van der Waals surface area contributed by atoms with Crippen LogP contribution >= 0.6 is 0 Å². The molecule has 1 aliphatic rings. The highest BCUT2D eigenvalue weighted by Crippen LogP contribution is 2.32. The Hall–Kier alpha value is -0.610. The van der Waals surface area contributed by atoms with Crippen LogP contribution < -0.4 is 0 Å². The first kappa shape index (κ1) is 14.5. The van der Waals surface area contributed by atoms with Gasteiger partial charge in [0.05, 0.1) is 6.10 Å². The molecule has 0 radical (unpaired) electrons. The summed E-state index contributed by atoms with van der Waals surface area (Å²) in [5.74, 6) is -4.59. The molecule has 6 N–H and O–H groups in total. The van der Waals surface area contributed by atoms with Crippen LogP contribution in [0.4, 0.5) is 0 Å². The van der Waals surface area contributed by atoms with Gasteiger partial charge in [0.2, 0.25) is 11.6 Å². The molecule has 0 aromatic heterocycles. The number of rotatable bonds is 2. The second-order valence-electron chi connectivity index (χ2n) is 4.30. The molecule has 0 saturated carbocycles. The number of carbonyl (C=O) groups is 1. The molecule has 8 nitrogen and oxygen atoms in total. The van der Waals surface area contributed by atoms with E-state index in [-0.39, 0.29) is 0 Å². The average Bonchev–Trinajstić information content (AvgIpc) is 2.21. The summed E-state index contributed by atoms with van der Waals surface area (Å²) < 4.78 is 4.65. The molecule has 1 fully saturated rings. The molecule has 5 atom stereocenters. The third kappa shape index (κ3) is 2.20.